The highest BCUT2D eigenvalue weighted by atomic mass is 16.6. The Bertz CT molecular complexity index is 719. The number of nitrogens with zero attached hydrogens (tertiary/aromatic N) is 1. The van der Waals surface area contributed by atoms with E-state index >= 15 is 0 Å². The van der Waals surface area contributed by atoms with Gasteiger partial charge in [0.1, 0.15) is 6.10 Å². The number of hydrogen-bond acceptors (Lipinski definition) is 5. The van der Waals surface area contributed by atoms with Gasteiger partial charge < -0.3 is 19.5 Å². The number of carbonyl (C=O) groups is 1. The number of aliphatic hydroxyl groups is 1. The first-order valence-electron chi connectivity index (χ1n) is 10.5. The van der Waals surface area contributed by atoms with Gasteiger partial charge in [0.15, 0.2) is 0 Å². The number of hydrogen-bond donors (Lipinski definition) is 1. The third kappa shape index (κ3) is 1.99. The molecule has 2 saturated heterocycles. The van der Waals surface area contributed by atoms with Crippen molar-refractivity contribution in [2.75, 3.05) is 20.7 Å². The molecule has 27 heavy (non-hydrogen) atoms. The molecule has 5 nitrogen and oxygen atoms in total. The highest BCUT2D eigenvalue weighted by molar-refractivity contribution is 5.81. The van der Waals surface area contributed by atoms with Crippen LogP contribution >= 0.6 is 0 Å². The van der Waals surface area contributed by atoms with Crippen molar-refractivity contribution in [3.05, 3.63) is 11.6 Å². The molecular formula is C22H33NO4. The van der Waals surface area contributed by atoms with Gasteiger partial charge in [-0.1, -0.05) is 13.8 Å². The highest BCUT2D eigenvalue weighted by Gasteiger charge is 2.70. The van der Waals surface area contributed by atoms with Gasteiger partial charge in [-0.15, -0.1) is 0 Å². The van der Waals surface area contributed by atoms with Crippen molar-refractivity contribution < 1.29 is 19.4 Å². The molecule has 9 atom stereocenters. The van der Waals surface area contributed by atoms with Crippen molar-refractivity contribution in [3.8, 4) is 0 Å². The fraction of sp³-hybridized carbons (Fsp3) is 0.864. The summed E-state index contributed by atoms with van der Waals surface area (Å²) in [5.74, 6) is 0.261. The highest BCUT2D eigenvalue weighted by Crippen LogP contribution is 2.67. The predicted octanol–water partition coefficient (Wildman–Crippen LogP) is 2.38. The fourth-order valence-electron chi connectivity index (χ4n) is 7.78. The molecule has 4 fully saturated rings. The normalized spacial score (nSPS) is 56.3. The number of carbonyl (C=O) groups excluding carboxylic acids is 1. The van der Waals surface area contributed by atoms with Crippen LogP contribution in [0.2, 0.25) is 0 Å². The molecule has 3 aliphatic carbocycles. The van der Waals surface area contributed by atoms with Crippen molar-refractivity contribution >= 4 is 5.97 Å². The monoisotopic (exact) mass is 375 g/mol. The molecule has 1 N–H and O–H groups in total. The number of fused-ring (bicyclic) bond motifs is 4. The van der Waals surface area contributed by atoms with E-state index < -0.39 is 11.5 Å². The summed E-state index contributed by atoms with van der Waals surface area (Å²) in [5, 5.41) is 10.7. The van der Waals surface area contributed by atoms with Gasteiger partial charge in [-0.05, 0) is 69.7 Å². The van der Waals surface area contributed by atoms with Crippen LogP contribution in [0.1, 0.15) is 46.5 Å². The molecule has 2 saturated carbocycles. The Labute approximate surface area is 162 Å². The van der Waals surface area contributed by atoms with E-state index in [9.17, 15) is 9.90 Å². The van der Waals surface area contributed by atoms with Gasteiger partial charge in [0.25, 0.3) is 0 Å². The molecule has 0 bridgehead atoms. The molecule has 0 spiro atoms. The summed E-state index contributed by atoms with van der Waals surface area (Å²) in [5.41, 5.74) is 0.680. The van der Waals surface area contributed by atoms with Gasteiger partial charge >= 0.3 is 5.97 Å². The van der Waals surface area contributed by atoms with Crippen LogP contribution in [0.3, 0.4) is 0 Å². The van der Waals surface area contributed by atoms with Gasteiger partial charge in [-0.25, -0.2) is 0 Å². The zero-order valence-corrected chi connectivity index (χ0v) is 17.2. The van der Waals surface area contributed by atoms with Crippen molar-refractivity contribution in [2.24, 2.45) is 28.1 Å². The third-order valence-electron chi connectivity index (χ3n) is 9.25. The standard InChI is InChI=1S/C22H33NO4/c1-20-9-7-16(24)22(3)17(20)14(27-19(22)25)10-12-13(20)6-8-21(2)15(23(4)5)11-26-18(12)21/h10,13-18,24H,6-9,11H2,1-5H3/t13?,14-,15+,16+,17-,18+,20-,21?,22+/m1/s1. The lowest BCUT2D eigenvalue weighted by atomic mass is 9.44. The van der Waals surface area contributed by atoms with E-state index in [1.165, 1.54) is 5.57 Å². The zero-order chi connectivity index (χ0) is 19.4. The molecule has 5 aliphatic rings. The summed E-state index contributed by atoms with van der Waals surface area (Å²) in [6, 6.07) is 0.416. The van der Waals surface area contributed by atoms with Crippen molar-refractivity contribution in [2.45, 2.75) is 70.8 Å². The minimum absolute atomic E-state index is 0.0181. The van der Waals surface area contributed by atoms with Crippen LogP contribution in [0.15, 0.2) is 11.6 Å². The number of aliphatic hydroxyl groups excluding tert-OH is 1. The number of esters is 1. The first-order valence-corrected chi connectivity index (χ1v) is 10.5. The van der Waals surface area contributed by atoms with Gasteiger partial charge in [-0.3, -0.25) is 4.79 Å². The Hall–Kier alpha value is -0.910. The summed E-state index contributed by atoms with van der Waals surface area (Å²) >= 11 is 0. The first-order chi connectivity index (χ1) is 12.6. The molecule has 0 aromatic heterocycles. The average molecular weight is 376 g/mol. The third-order valence-corrected chi connectivity index (χ3v) is 9.25. The van der Waals surface area contributed by atoms with Crippen LogP contribution in [0.4, 0.5) is 0 Å². The smallest absolute Gasteiger partial charge is 0.315 e. The second kappa shape index (κ2) is 5.37. The Kier molecular flexibility index (Phi) is 3.61. The molecule has 2 aliphatic heterocycles. The Balaban J connectivity index is 1.60. The van der Waals surface area contributed by atoms with E-state index in [1.807, 2.05) is 6.92 Å². The summed E-state index contributed by atoms with van der Waals surface area (Å²) in [6.07, 6.45) is 5.41. The largest absolute Gasteiger partial charge is 0.457 e. The van der Waals surface area contributed by atoms with Crippen molar-refractivity contribution in [1.82, 2.24) is 4.90 Å². The van der Waals surface area contributed by atoms with E-state index in [1.54, 1.807) is 0 Å². The second-order valence-corrected chi connectivity index (χ2v) is 10.6. The molecule has 2 heterocycles. The minimum Gasteiger partial charge on any atom is -0.457 e. The average Bonchev–Trinajstić information content (AvgIpc) is 3.08. The van der Waals surface area contributed by atoms with Crippen molar-refractivity contribution in [3.63, 3.8) is 0 Å². The fourth-order valence-corrected chi connectivity index (χ4v) is 7.78. The van der Waals surface area contributed by atoms with E-state index in [2.05, 4.69) is 38.9 Å². The van der Waals surface area contributed by atoms with Crippen LogP contribution in [-0.4, -0.2) is 61.0 Å². The van der Waals surface area contributed by atoms with Crippen LogP contribution in [0, 0.1) is 28.1 Å². The van der Waals surface area contributed by atoms with Gasteiger partial charge in [0, 0.05) is 17.4 Å². The maximum absolute atomic E-state index is 12.8. The topological polar surface area (TPSA) is 59.0 Å². The van der Waals surface area contributed by atoms with E-state index in [-0.39, 0.29) is 34.9 Å². The maximum Gasteiger partial charge on any atom is 0.315 e. The van der Waals surface area contributed by atoms with Crippen LogP contribution in [-0.2, 0) is 14.3 Å². The van der Waals surface area contributed by atoms with Crippen LogP contribution < -0.4 is 0 Å². The Morgan fingerprint density at radius 1 is 1.15 bits per heavy atom. The molecule has 0 aromatic rings. The van der Waals surface area contributed by atoms with Gasteiger partial charge in [0.05, 0.1) is 24.2 Å². The summed E-state index contributed by atoms with van der Waals surface area (Å²) in [4.78, 5) is 15.1. The summed E-state index contributed by atoms with van der Waals surface area (Å²) < 4.78 is 12.3. The first kappa shape index (κ1) is 18.1. The van der Waals surface area contributed by atoms with Gasteiger partial charge in [-0.2, -0.15) is 0 Å². The number of ether oxygens (including phenoxy) is 2. The van der Waals surface area contributed by atoms with E-state index in [0.29, 0.717) is 18.4 Å². The maximum atomic E-state index is 12.8. The van der Waals surface area contributed by atoms with Crippen LogP contribution in [0.25, 0.3) is 0 Å². The quantitative estimate of drug-likeness (QED) is 0.563. The molecule has 150 valence electrons. The van der Waals surface area contributed by atoms with E-state index in [0.717, 1.165) is 25.9 Å². The second-order valence-electron chi connectivity index (χ2n) is 10.6. The van der Waals surface area contributed by atoms with Crippen molar-refractivity contribution in [1.29, 1.82) is 0 Å². The molecule has 0 amide bonds. The predicted molar refractivity (Wildman–Crippen MR) is 101 cm³/mol. The molecule has 2 unspecified atom stereocenters. The Morgan fingerprint density at radius 2 is 1.85 bits per heavy atom. The summed E-state index contributed by atoms with van der Waals surface area (Å²) in [6.45, 7) is 7.41. The molecule has 5 rings (SSSR count). The molecule has 0 aromatic carbocycles. The summed E-state index contributed by atoms with van der Waals surface area (Å²) in [7, 11) is 4.29. The lowest BCUT2D eigenvalue weighted by Crippen LogP contribution is -2.60. The van der Waals surface area contributed by atoms with Gasteiger partial charge in [0.2, 0.25) is 0 Å². The number of rotatable bonds is 1. The number of likely N-dealkylation sites (N-methyl/N-ethyl adjacent to an activating group) is 1. The molecule has 5 heteroatoms. The SMILES string of the molecule is CN(C)[C@H]1CO[C@H]2C3=C[C@H]4OC(=O)[C@@]5(C)[C@@H](O)CC[C@](C)(C3CCC12C)[C@@H]45. The van der Waals surface area contributed by atoms with Crippen LogP contribution in [0.5, 0.6) is 0 Å². The minimum atomic E-state index is -0.775. The lowest BCUT2D eigenvalue weighted by molar-refractivity contribution is -0.159. The zero-order valence-electron chi connectivity index (χ0n) is 17.2. The molecule has 0 radical (unpaired) electrons. The molecular weight excluding hydrogens is 342 g/mol. The lowest BCUT2D eigenvalue weighted by Gasteiger charge is -2.59. The van der Waals surface area contributed by atoms with E-state index in [4.69, 9.17) is 9.47 Å². The Morgan fingerprint density at radius 3 is 2.56 bits per heavy atom.